The highest BCUT2D eigenvalue weighted by Gasteiger charge is 2.30. The summed E-state index contributed by atoms with van der Waals surface area (Å²) in [4.78, 5) is 11.7. The number of sulfonamides is 1. The molecule has 0 aromatic rings. The minimum atomic E-state index is -3.42. The van der Waals surface area contributed by atoms with E-state index in [2.05, 4.69) is 10.6 Å². The molecule has 1 amide bonds. The minimum absolute atomic E-state index is 0.0523. The Morgan fingerprint density at radius 2 is 1.95 bits per heavy atom. The molecule has 8 nitrogen and oxygen atoms in total. The van der Waals surface area contributed by atoms with Gasteiger partial charge in [-0.2, -0.15) is 4.31 Å². The maximum atomic E-state index is 12.1. The third-order valence-corrected chi connectivity index (χ3v) is 7.29. The van der Waals surface area contributed by atoms with Crippen LogP contribution < -0.4 is 10.6 Å². The molecular formula is C11H21N3O5S2. The van der Waals surface area contributed by atoms with Crippen LogP contribution in [-0.2, 0) is 24.7 Å². The van der Waals surface area contributed by atoms with E-state index in [0.29, 0.717) is 32.6 Å². The standard InChI is InChI=1S/C11H21N3O5S2/c15-11(13-10-1-7-20(16,17)9-10)2-8-21(18,19)14-5-3-12-4-6-14/h10,12H,1-9H2,(H,13,15). The van der Waals surface area contributed by atoms with Crippen molar-refractivity contribution in [3.8, 4) is 0 Å². The van der Waals surface area contributed by atoms with Gasteiger partial charge in [0.1, 0.15) is 0 Å². The first kappa shape index (κ1) is 16.7. The van der Waals surface area contributed by atoms with E-state index < -0.39 is 25.8 Å². The van der Waals surface area contributed by atoms with Gasteiger partial charge in [0.15, 0.2) is 9.84 Å². The molecule has 2 aliphatic heterocycles. The number of hydrogen-bond donors (Lipinski definition) is 2. The Kier molecular flexibility index (Phi) is 5.23. The molecule has 0 aliphatic carbocycles. The first-order valence-electron chi connectivity index (χ1n) is 6.97. The molecule has 0 radical (unpaired) electrons. The molecule has 2 saturated heterocycles. The lowest BCUT2D eigenvalue weighted by atomic mass is 10.2. The highest BCUT2D eigenvalue weighted by Crippen LogP contribution is 2.11. The van der Waals surface area contributed by atoms with E-state index in [4.69, 9.17) is 0 Å². The predicted octanol–water partition coefficient (Wildman–Crippen LogP) is -2.09. The second-order valence-corrected chi connectivity index (χ2v) is 9.70. The molecule has 2 N–H and O–H groups in total. The Labute approximate surface area is 125 Å². The maximum absolute atomic E-state index is 12.1. The summed E-state index contributed by atoms with van der Waals surface area (Å²) in [7, 11) is -6.47. The SMILES string of the molecule is O=C(CCS(=O)(=O)N1CCNCC1)NC1CCS(=O)(=O)C1. The zero-order valence-corrected chi connectivity index (χ0v) is 13.4. The van der Waals surface area contributed by atoms with Crippen molar-refractivity contribution in [2.45, 2.75) is 18.9 Å². The second-order valence-electron chi connectivity index (χ2n) is 5.38. The lowest BCUT2D eigenvalue weighted by molar-refractivity contribution is -0.121. The van der Waals surface area contributed by atoms with Crippen LogP contribution >= 0.6 is 0 Å². The minimum Gasteiger partial charge on any atom is -0.352 e. The van der Waals surface area contributed by atoms with E-state index in [9.17, 15) is 21.6 Å². The molecule has 2 heterocycles. The van der Waals surface area contributed by atoms with Gasteiger partial charge in [-0.15, -0.1) is 0 Å². The van der Waals surface area contributed by atoms with Crippen LogP contribution in [0.25, 0.3) is 0 Å². The second kappa shape index (κ2) is 6.59. The van der Waals surface area contributed by atoms with Crippen LogP contribution in [0.15, 0.2) is 0 Å². The van der Waals surface area contributed by atoms with Crippen molar-refractivity contribution in [2.24, 2.45) is 0 Å². The van der Waals surface area contributed by atoms with E-state index in [-0.39, 0.29) is 29.7 Å². The number of rotatable bonds is 5. The van der Waals surface area contributed by atoms with E-state index >= 15 is 0 Å². The number of sulfone groups is 1. The Balaban J connectivity index is 1.78. The van der Waals surface area contributed by atoms with Crippen molar-refractivity contribution in [2.75, 3.05) is 43.4 Å². The van der Waals surface area contributed by atoms with Gasteiger partial charge in [0.2, 0.25) is 15.9 Å². The molecule has 2 rings (SSSR count). The Morgan fingerprint density at radius 3 is 2.52 bits per heavy atom. The van der Waals surface area contributed by atoms with Crippen LogP contribution in [-0.4, -0.2) is 76.5 Å². The molecule has 1 unspecified atom stereocenters. The number of nitrogens with one attached hydrogen (secondary N) is 2. The molecule has 1 atom stereocenters. The summed E-state index contributed by atoms with van der Waals surface area (Å²) in [6.07, 6.45) is 0.265. The normalized spacial score (nSPS) is 26.6. The molecule has 10 heteroatoms. The van der Waals surface area contributed by atoms with Crippen LogP contribution in [0.5, 0.6) is 0 Å². The van der Waals surface area contributed by atoms with E-state index in [0.717, 1.165) is 0 Å². The van der Waals surface area contributed by atoms with Gasteiger partial charge >= 0.3 is 0 Å². The average molecular weight is 339 g/mol. The number of piperazine rings is 1. The molecule has 0 spiro atoms. The van der Waals surface area contributed by atoms with E-state index in [1.165, 1.54) is 4.31 Å². The third kappa shape index (κ3) is 4.90. The Hall–Kier alpha value is -0.710. The summed E-state index contributed by atoms with van der Waals surface area (Å²) in [6, 6.07) is -0.385. The van der Waals surface area contributed by atoms with Gasteiger partial charge in [-0.1, -0.05) is 0 Å². The Bertz CT molecular complexity index is 581. The molecule has 2 fully saturated rings. The zero-order valence-electron chi connectivity index (χ0n) is 11.7. The highest BCUT2D eigenvalue weighted by molar-refractivity contribution is 7.91. The Morgan fingerprint density at radius 1 is 1.29 bits per heavy atom. The smallest absolute Gasteiger partial charge is 0.221 e. The molecule has 0 aromatic heterocycles. The van der Waals surface area contributed by atoms with Crippen molar-refractivity contribution in [1.29, 1.82) is 0 Å². The summed E-state index contributed by atoms with van der Waals surface area (Å²) < 4.78 is 48.1. The largest absolute Gasteiger partial charge is 0.352 e. The molecule has 122 valence electrons. The van der Waals surface area contributed by atoms with Gasteiger partial charge in [0.05, 0.1) is 17.3 Å². The van der Waals surface area contributed by atoms with Gasteiger partial charge in [-0.25, -0.2) is 16.8 Å². The van der Waals surface area contributed by atoms with Crippen molar-refractivity contribution >= 4 is 25.8 Å². The summed E-state index contributed by atoms with van der Waals surface area (Å²) in [5, 5.41) is 5.66. The van der Waals surface area contributed by atoms with Gasteiger partial charge in [-0.05, 0) is 6.42 Å². The van der Waals surface area contributed by atoms with Crippen LogP contribution in [0, 0.1) is 0 Å². The fourth-order valence-electron chi connectivity index (χ4n) is 2.48. The fourth-order valence-corrected chi connectivity index (χ4v) is 5.60. The maximum Gasteiger partial charge on any atom is 0.221 e. The summed E-state index contributed by atoms with van der Waals surface area (Å²) in [5.74, 6) is -0.616. The van der Waals surface area contributed by atoms with Crippen molar-refractivity contribution in [3.63, 3.8) is 0 Å². The summed E-state index contributed by atoms with van der Waals surface area (Å²) in [6.45, 7) is 2.08. The van der Waals surface area contributed by atoms with E-state index in [1.807, 2.05) is 0 Å². The number of carbonyl (C=O) groups excluding carboxylic acids is 1. The van der Waals surface area contributed by atoms with Crippen LogP contribution in [0.3, 0.4) is 0 Å². The first-order valence-corrected chi connectivity index (χ1v) is 10.4. The zero-order chi connectivity index (χ0) is 15.5. The molecule has 0 bridgehead atoms. The predicted molar refractivity (Wildman–Crippen MR) is 78.0 cm³/mol. The van der Waals surface area contributed by atoms with Crippen molar-refractivity contribution in [3.05, 3.63) is 0 Å². The topological polar surface area (TPSA) is 113 Å². The quantitative estimate of drug-likeness (QED) is 0.594. The number of amides is 1. The molecule has 0 aromatic carbocycles. The lowest BCUT2D eigenvalue weighted by Crippen LogP contribution is -2.47. The van der Waals surface area contributed by atoms with Crippen molar-refractivity contribution < 1.29 is 21.6 Å². The van der Waals surface area contributed by atoms with Gasteiger partial charge < -0.3 is 10.6 Å². The fraction of sp³-hybridized carbons (Fsp3) is 0.909. The van der Waals surface area contributed by atoms with Crippen molar-refractivity contribution in [1.82, 2.24) is 14.9 Å². The molecule has 0 saturated carbocycles. The number of hydrogen-bond acceptors (Lipinski definition) is 6. The van der Waals surface area contributed by atoms with E-state index in [1.54, 1.807) is 0 Å². The van der Waals surface area contributed by atoms with Crippen LogP contribution in [0.4, 0.5) is 0 Å². The lowest BCUT2D eigenvalue weighted by Gasteiger charge is -2.26. The molecule has 21 heavy (non-hydrogen) atoms. The summed E-state index contributed by atoms with van der Waals surface area (Å²) in [5.41, 5.74) is 0. The highest BCUT2D eigenvalue weighted by atomic mass is 32.2. The molecular weight excluding hydrogens is 318 g/mol. The number of nitrogens with zero attached hydrogens (tertiary/aromatic N) is 1. The van der Waals surface area contributed by atoms with Gasteiger partial charge in [-0.3, -0.25) is 4.79 Å². The van der Waals surface area contributed by atoms with Crippen LogP contribution in [0.1, 0.15) is 12.8 Å². The van der Waals surface area contributed by atoms with Gasteiger partial charge in [0.25, 0.3) is 0 Å². The summed E-state index contributed by atoms with van der Waals surface area (Å²) >= 11 is 0. The molecule has 2 aliphatic rings. The third-order valence-electron chi connectivity index (χ3n) is 3.65. The first-order chi connectivity index (χ1) is 9.78. The monoisotopic (exact) mass is 339 g/mol. The average Bonchev–Trinajstić information content (AvgIpc) is 2.77. The number of carbonyl (C=O) groups is 1. The van der Waals surface area contributed by atoms with Crippen LogP contribution in [0.2, 0.25) is 0 Å². The van der Waals surface area contributed by atoms with Gasteiger partial charge in [0, 0.05) is 38.6 Å².